The zero-order chi connectivity index (χ0) is 18.4. The molecule has 2 aromatic carbocycles. The summed E-state index contributed by atoms with van der Waals surface area (Å²) in [5.41, 5.74) is 2.85. The maximum absolute atomic E-state index is 12.2. The Bertz CT molecular complexity index is 911. The lowest BCUT2D eigenvalue weighted by Crippen LogP contribution is -2.27. The van der Waals surface area contributed by atoms with Crippen molar-refractivity contribution in [2.75, 3.05) is 0 Å². The molecule has 26 heavy (non-hydrogen) atoms. The van der Waals surface area contributed by atoms with Gasteiger partial charge in [-0.25, -0.2) is 0 Å². The van der Waals surface area contributed by atoms with Gasteiger partial charge in [0.25, 0.3) is 5.91 Å². The van der Waals surface area contributed by atoms with Gasteiger partial charge in [-0.2, -0.15) is 10.4 Å². The van der Waals surface area contributed by atoms with E-state index >= 15 is 0 Å². The fraction of sp³-hybridized carbons (Fsp3) is 0.150. The molecule has 0 saturated carbocycles. The number of H-pyrrole nitrogens is 1. The van der Waals surface area contributed by atoms with Crippen molar-refractivity contribution in [3.05, 3.63) is 83.2 Å². The average molecular weight is 346 g/mol. The highest BCUT2D eigenvalue weighted by Gasteiger charge is 2.17. The van der Waals surface area contributed by atoms with Crippen LogP contribution in [0.3, 0.4) is 0 Å². The third-order valence-electron chi connectivity index (χ3n) is 3.94. The van der Waals surface area contributed by atoms with Crippen LogP contribution in [0.2, 0.25) is 0 Å². The van der Waals surface area contributed by atoms with Gasteiger partial charge < -0.3 is 10.1 Å². The van der Waals surface area contributed by atoms with Crippen LogP contribution >= 0.6 is 0 Å². The van der Waals surface area contributed by atoms with Crippen LogP contribution in [-0.4, -0.2) is 16.1 Å². The van der Waals surface area contributed by atoms with Crippen molar-refractivity contribution in [3.8, 4) is 11.8 Å². The Morgan fingerprint density at radius 1 is 1.23 bits per heavy atom. The summed E-state index contributed by atoms with van der Waals surface area (Å²) in [5, 5.41) is 18.6. The number of rotatable bonds is 6. The Labute approximate surface area is 151 Å². The number of aryl methyl sites for hydroxylation is 1. The van der Waals surface area contributed by atoms with Gasteiger partial charge in [-0.15, -0.1) is 0 Å². The lowest BCUT2D eigenvalue weighted by molar-refractivity contribution is 0.0944. The Hall–Kier alpha value is -3.59. The van der Waals surface area contributed by atoms with Crippen LogP contribution < -0.4 is 10.1 Å². The number of carbonyl (C=O) groups is 1. The van der Waals surface area contributed by atoms with Crippen LogP contribution in [0.1, 0.15) is 33.2 Å². The molecule has 3 aromatic rings. The molecule has 2 N–H and O–H groups in total. The highest BCUT2D eigenvalue weighted by molar-refractivity contribution is 5.95. The zero-order valence-corrected chi connectivity index (χ0v) is 14.3. The molecule has 0 fully saturated rings. The molecule has 1 heterocycles. The van der Waals surface area contributed by atoms with Gasteiger partial charge in [0.2, 0.25) is 0 Å². The largest absolute Gasteiger partial charge is 0.489 e. The standard InChI is InChI=1S/C20H18N4O2/c1-14-18(12-22-24-14)20(25)23-19(11-21)16-7-9-17(10-8-16)26-13-15-5-3-2-4-6-15/h2-10,12,19H,13H2,1H3,(H,22,24)(H,23,25). The average Bonchev–Trinajstić information content (AvgIpc) is 3.12. The van der Waals surface area contributed by atoms with E-state index in [0.717, 1.165) is 5.56 Å². The van der Waals surface area contributed by atoms with E-state index < -0.39 is 6.04 Å². The topological polar surface area (TPSA) is 90.8 Å². The fourth-order valence-corrected chi connectivity index (χ4v) is 2.48. The molecule has 0 aliphatic heterocycles. The first-order valence-electron chi connectivity index (χ1n) is 8.14. The van der Waals surface area contributed by atoms with E-state index in [0.29, 0.717) is 29.2 Å². The highest BCUT2D eigenvalue weighted by Crippen LogP contribution is 2.19. The number of carbonyl (C=O) groups excluding carboxylic acids is 1. The van der Waals surface area contributed by atoms with E-state index in [2.05, 4.69) is 21.6 Å². The van der Waals surface area contributed by atoms with Crippen molar-refractivity contribution in [3.63, 3.8) is 0 Å². The summed E-state index contributed by atoms with van der Waals surface area (Å²) in [5.74, 6) is 0.360. The first-order chi connectivity index (χ1) is 12.7. The zero-order valence-electron chi connectivity index (χ0n) is 14.3. The number of nitrogens with zero attached hydrogens (tertiary/aromatic N) is 2. The molecule has 1 atom stereocenters. The number of nitriles is 1. The van der Waals surface area contributed by atoms with Crippen molar-refractivity contribution in [2.24, 2.45) is 0 Å². The summed E-state index contributed by atoms with van der Waals surface area (Å²) >= 11 is 0. The molecule has 0 spiro atoms. The summed E-state index contributed by atoms with van der Waals surface area (Å²) in [6, 6.07) is 18.4. The first-order valence-corrected chi connectivity index (χ1v) is 8.14. The molecule has 0 radical (unpaired) electrons. The summed E-state index contributed by atoms with van der Waals surface area (Å²) in [6.45, 7) is 2.22. The Morgan fingerprint density at radius 3 is 2.58 bits per heavy atom. The number of benzene rings is 2. The van der Waals surface area contributed by atoms with Crippen LogP contribution in [0.4, 0.5) is 0 Å². The van der Waals surface area contributed by atoms with Gasteiger partial charge in [0, 0.05) is 5.69 Å². The van der Waals surface area contributed by atoms with Crippen molar-refractivity contribution >= 4 is 5.91 Å². The van der Waals surface area contributed by atoms with Crippen LogP contribution in [0.5, 0.6) is 5.75 Å². The smallest absolute Gasteiger partial charge is 0.256 e. The van der Waals surface area contributed by atoms with E-state index in [4.69, 9.17) is 4.74 Å². The monoisotopic (exact) mass is 346 g/mol. The van der Waals surface area contributed by atoms with Gasteiger partial charge in [-0.1, -0.05) is 42.5 Å². The van der Waals surface area contributed by atoms with Crippen molar-refractivity contribution in [1.29, 1.82) is 5.26 Å². The van der Waals surface area contributed by atoms with Gasteiger partial charge in [-0.05, 0) is 30.2 Å². The molecule has 0 aliphatic rings. The van der Waals surface area contributed by atoms with Gasteiger partial charge in [0.1, 0.15) is 18.4 Å². The minimum Gasteiger partial charge on any atom is -0.489 e. The summed E-state index contributed by atoms with van der Waals surface area (Å²) in [7, 11) is 0. The number of hydrogen-bond acceptors (Lipinski definition) is 4. The molecule has 130 valence electrons. The van der Waals surface area contributed by atoms with Gasteiger partial charge in [0.15, 0.2) is 0 Å². The van der Waals surface area contributed by atoms with Crippen LogP contribution in [-0.2, 0) is 6.61 Å². The first kappa shape index (κ1) is 17.2. The van der Waals surface area contributed by atoms with E-state index in [1.807, 2.05) is 30.3 Å². The third kappa shape index (κ3) is 4.08. The summed E-state index contributed by atoms with van der Waals surface area (Å²) < 4.78 is 5.73. The molecule has 0 saturated heterocycles. The van der Waals surface area contributed by atoms with Gasteiger partial charge >= 0.3 is 0 Å². The van der Waals surface area contributed by atoms with Crippen LogP contribution in [0.25, 0.3) is 0 Å². The molecule has 6 nitrogen and oxygen atoms in total. The van der Waals surface area contributed by atoms with E-state index in [9.17, 15) is 10.1 Å². The second kappa shape index (κ2) is 7.99. The highest BCUT2D eigenvalue weighted by atomic mass is 16.5. The van der Waals surface area contributed by atoms with E-state index in [1.54, 1.807) is 31.2 Å². The maximum atomic E-state index is 12.2. The molecule has 6 heteroatoms. The van der Waals surface area contributed by atoms with Gasteiger partial charge in [-0.3, -0.25) is 9.89 Å². The van der Waals surface area contributed by atoms with Crippen molar-refractivity contribution < 1.29 is 9.53 Å². The number of hydrogen-bond donors (Lipinski definition) is 2. The second-order valence-corrected chi connectivity index (χ2v) is 5.79. The van der Waals surface area contributed by atoms with Crippen LogP contribution in [0.15, 0.2) is 60.8 Å². The Balaban J connectivity index is 1.63. The van der Waals surface area contributed by atoms with Crippen molar-refractivity contribution in [2.45, 2.75) is 19.6 Å². The lowest BCUT2D eigenvalue weighted by atomic mass is 10.1. The van der Waals surface area contributed by atoms with E-state index in [1.165, 1.54) is 6.20 Å². The predicted molar refractivity (Wildman–Crippen MR) is 96.4 cm³/mol. The number of nitrogens with one attached hydrogen (secondary N) is 2. The number of aromatic nitrogens is 2. The van der Waals surface area contributed by atoms with Gasteiger partial charge in [0.05, 0.1) is 17.8 Å². The Morgan fingerprint density at radius 2 is 1.96 bits per heavy atom. The van der Waals surface area contributed by atoms with E-state index in [-0.39, 0.29) is 5.91 Å². The SMILES string of the molecule is Cc1[nH]ncc1C(=O)NC(C#N)c1ccc(OCc2ccccc2)cc1. The number of ether oxygens (including phenoxy) is 1. The molecular formula is C20H18N4O2. The quantitative estimate of drug-likeness (QED) is 0.716. The molecule has 3 rings (SSSR count). The molecule has 0 aliphatic carbocycles. The second-order valence-electron chi connectivity index (χ2n) is 5.79. The fourth-order valence-electron chi connectivity index (χ4n) is 2.48. The number of amides is 1. The van der Waals surface area contributed by atoms with Crippen LogP contribution in [0, 0.1) is 18.3 Å². The summed E-state index contributed by atoms with van der Waals surface area (Å²) in [6.07, 6.45) is 1.44. The summed E-state index contributed by atoms with van der Waals surface area (Å²) in [4.78, 5) is 12.2. The maximum Gasteiger partial charge on any atom is 0.256 e. The predicted octanol–water partition coefficient (Wildman–Crippen LogP) is 3.29. The minimum absolute atomic E-state index is 0.341. The number of aromatic amines is 1. The lowest BCUT2D eigenvalue weighted by Gasteiger charge is -2.13. The molecule has 1 unspecified atom stereocenters. The Kier molecular flexibility index (Phi) is 5.30. The third-order valence-corrected chi connectivity index (χ3v) is 3.94. The molecular weight excluding hydrogens is 328 g/mol. The molecule has 1 amide bonds. The van der Waals surface area contributed by atoms with Crippen molar-refractivity contribution in [1.82, 2.24) is 15.5 Å². The molecule has 0 bridgehead atoms. The normalized spacial score (nSPS) is 11.4. The minimum atomic E-state index is -0.750. The molecule has 1 aromatic heterocycles.